The van der Waals surface area contributed by atoms with Crippen LogP contribution in [0.15, 0.2) is 45.8 Å². The number of ether oxygens (including phenoxy) is 1. The summed E-state index contributed by atoms with van der Waals surface area (Å²) in [6.45, 7) is 9.72. The summed E-state index contributed by atoms with van der Waals surface area (Å²) in [5.41, 5.74) is 1.63. The Morgan fingerprint density at radius 1 is 1.11 bits per heavy atom. The Hall–Kier alpha value is -3.67. The van der Waals surface area contributed by atoms with Crippen LogP contribution in [0.4, 0.5) is 13.2 Å². The van der Waals surface area contributed by atoms with Crippen LogP contribution in [0.25, 0.3) is 28.5 Å². The minimum atomic E-state index is -4.81. The van der Waals surface area contributed by atoms with Gasteiger partial charge in [-0.15, -0.1) is 13.2 Å². The van der Waals surface area contributed by atoms with Crippen molar-refractivity contribution in [3.63, 3.8) is 0 Å². The fraction of sp³-hybridized carbons (Fsp3) is 0.417. The minimum Gasteiger partial charge on any atom is -0.406 e. The molecule has 0 amide bonds. The Labute approximate surface area is 205 Å². The molecule has 5 rings (SSSR count). The smallest absolute Gasteiger partial charge is 0.406 e. The van der Waals surface area contributed by atoms with E-state index in [-0.39, 0.29) is 28.8 Å². The Morgan fingerprint density at radius 2 is 1.83 bits per heavy atom. The first-order chi connectivity index (χ1) is 17.4. The number of aromatic nitrogens is 5. The van der Waals surface area contributed by atoms with Gasteiger partial charge in [0.05, 0.1) is 11.9 Å². The maximum Gasteiger partial charge on any atom is 0.573 e. The number of nitrogens with zero attached hydrogens (tertiary/aromatic N) is 4. The van der Waals surface area contributed by atoms with Crippen molar-refractivity contribution >= 4 is 5.65 Å². The predicted molar refractivity (Wildman–Crippen MR) is 129 cm³/mol. The molecule has 0 atom stereocenters. The normalized spacial score (nSPS) is 14.0. The topological polar surface area (TPSA) is 110 Å². The number of rotatable bonds is 4. The predicted octanol–water partition coefficient (Wildman–Crippen LogP) is 5.16. The molecular weight excluding hydrogens is 477 g/mol. The first-order valence-corrected chi connectivity index (χ1v) is 11.9. The molecule has 0 saturated carbocycles. The van der Waals surface area contributed by atoms with Gasteiger partial charge in [-0.05, 0) is 38.1 Å². The molecule has 9 nitrogen and oxygen atoms in total. The van der Waals surface area contributed by atoms with Crippen molar-refractivity contribution in [1.29, 1.82) is 0 Å². The van der Waals surface area contributed by atoms with Gasteiger partial charge in [0.25, 0.3) is 11.4 Å². The lowest BCUT2D eigenvalue weighted by Gasteiger charge is -2.23. The molecule has 0 unspecified atom stereocenters. The number of halogens is 3. The van der Waals surface area contributed by atoms with Crippen molar-refractivity contribution in [2.24, 2.45) is 0 Å². The summed E-state index contributed by atoms with van der Waals surface area (Å²) in [4.78, 5) is 19.4. The van der Waals surface area contributed by atoms with Crippen LogP contribution in [-0.2, 0) is 0 Å². The minimum absolute atomic E-state index is 0.0730. The summed E-state index contributed by atoms with van der Waals surface area (Å²) in [6, 6.07) is 6.81. The molecule has 1 saturated heterocycles. The average Bonchev–Trinajstić information content (AvgIpc) is 3.53. The second-order valence-electron chi connectivity index (χ2n) is 7.40. The average molecular weight is 507 g/mol. The van der Waals surface area contributed by atoms with Gasteiger partial charge >= 0.3 is 6.36 Å². The van der Waals surface area contributed by atoms with Crippen LogP contribution in [-0.4, -0.2) is 44.2 Å². The van der Waals surface area contributed by atoms with Crippen molar-refractivity contribution < 1.29 is 22.4 Å². The highest BCUT2D eigenvalue weighted by Crippen LogP contribution is 2.30. The van der Waals surface area contributed by atoms with Crippen LogP contribution < -0.4 is 15.6 Å². The van der Waals surface area contributed by atoms with Gasteiger partial charge < -0.3 is 19.6 Å². The van der Waals surface area contributed by atoms with Gasteiger partial charge in [0.2, 0.25) is 5.82 Å². The molecule has 1 aliphatic heterocycles. The fourth-order valence-electron chi connectivity index (χ4n) is 3.86. The monoisotopic (exact) mass is 506 g/mol. The van der Waals surface area contributed by atoms with Crippen LogP contribution in [0.3, 0.4) is 0 Å². The Balaban J connectivity index is 0.000000861. The van der Waals surface area contributed by atoms with Gasteiger partial charge in [-0.1, -0.05) is 45.0 Å². The molecule has 194 valence electrons. The summed E-state index contributed by atoms with van der Waals surface area (Å²) < 4.78 is 48.4. The molecule has 0 aliphatic carbocycles. The van der Waals surface area contributed by atoms with E-state index in [9.17, 15) is 18.0 Å². The third-order valence-electron chi connectivity index (χ3n) is 5.27. The SMILES string of the molecule is CC.CC.O=c1cc(C2CCNCC2)n2ncc(-c3nc(-c4cccc(OC(F)(F)F)c4)no3)c2[nH]1. The number of nitrogens with one attached hydrogen (secondary N) is 2. The molecule has 0 spiro atoms. The van der Waals surface area contributed by atoms with Crippen LogP contribution >= 0.6 is 0 Å². The second kappa shape index (κ2) is 11.8. The van der Waals surface area contributed by atoms with Crippen molar-refractivity contribution in [1.82, 2.24) is 30.1 Å². The maximum atomic E-state index is 12.5. The quantitative estimate of drug-likeness (QED) is 0.393. The van der Waals surface area contributed by atoms with E-state index in [4.69, 9.17) is 4.52 Å². The molecule has 3 aromatic heterocycles. The summed E-state index contributed by atoms with van der Waals surface area (Å²) in [5, 5.41) is 11.6. The van der Waals surface area contributed by atoms with Gasteiger partial charge in [0.1, 0.15) is 17.0 Å². The van der Waals surface area contributed by atoms with E-state index in [2.05, 4.69) is 30.3 Å². The van der Waals surface area contributed by atoms with E-state index < -0.39 is 12.1 Å². The van der Waals surface area contributed by atoms with Crippen molar-refractivity contribution in [3.05, 3.63) is 52.6 Å². The first-order valence-electron chi connectivity index (χ1n) is 11.9. The van der Waals surface area contributed by atoms with Gasteiger partial charge in [0.15, 0.2) is 0 Å². The molecule has 1 aliphatic rings. The summed E-state index contributed by atoms with van der Waals surface area (Å²) in [7, 11) is 0. The first kappa shape index (κ1) is 26.9. The highest BCUT2D eigenvalue weighted by atomic mass is 19.4. The van der Waals surface area contributed by atoms with Gasteiger partial charge in [0, 0.05) is 17.5 Å². The lowest BCUT2D eigenvalue weighted by molar-refractivity contribution is -0.274. The fourth-order valence-corrected chi connectivity index (χ4v) is 3.86. The molecule has 4 heterocycles. The number of piperidine rings is 1. The number of benzene rings is 1. The lowest BCUT2D eigenvalue weighted by Crippen LogP contribution is -2.28. The standard InChI is InChI=1S/C20H17F3N6O3.2C2H6/c21-20(22,23)31-13-3-1-2-12(8-13)17-27-19(32-28-17)14-10-25-29-15(9-16(30)26-18(14)29)11-4-6-24-7-5-11;2*1-2/h1-3,8-11,24H,4-7H2,(H,26,30);2*1-2H3. The number of H-pyrrole nitrogens is 1. The summed E-state index contributed by atoms with van der Waals surface area (Å²) in [6.07, 6.45) is -1.53. The largest absolute Gasteiger partial charge is 0.573 e. The molecule has 12 heteroatoms. The van der Waals surface area contributed by atoms with E-state index in [1.807, 2.05) is 27.7 Å². The van der Waals surface area contributed by atoms with Gasteiger partial charge in [-0.2, -0.15) is 10.1 Å². The number of fused-ring (bicyclic) bond motifs is 1. The molecule has 1 fully saturated rings. The van der Waals surface area contributed by atoms with E-state index in [0.717, 1.165) is 37.7 Å². The number of aromatic amines is 1. The maximum absolute atomic E-state index is 12.5. The highest BCUT2D eigenvalue weighted by Gasteiger charge is 2.31. The Morgan fingerprint density at radius 3 is 2.53 bits per heavy atom. The van der Waals surface area contributed by atoms with Crippen LogP contribution in [0, 0.1) is 0 Å². The second-order valence-corrected chi connectivity index (χ2v) is 7.40. The summed E-state index contributed by atoms with van der Waals surface area (Å²) in [5.74, 6) is -0.0595. The number of hydrogen-bond acceptors (Lipinski definition) is 7. The molecule has 0 radical (unpaired) electrons. The lowest BCUT2D eigenvalue weighted by atomic mass is 9.94. The third-order valence-corrected chi connectivity index (χ3v) is 5.27. The molecule has 1 aromatic carbocycles. The zero-order chi connectivity index (χ0) is 26.3. The number of hydrogen-bond donors (Lipinski definition) is 2. The molecule has 4 aromatic rings. The van der Waals surface area contributed by atoms with E-state index >= 15 is 0 Å². The van der Waals surface area contributed by atoms with Crippen molar-refractivity contribution in [3.8, 4) is 28.6 Å². The molecule has 0 bridgehead atoms. The highest BCUT2D eigenvalue weighted by molar-refractivity contribution is 5.72. The van der Waals surface area contributed by atoms with Gasteiger partial charge in [-0.25, -0.2) is 4.52 Å². The van der Waals surface area contributed by atoms with Crippen LogP contribution in [0.1, 0.15) is 52.1 Å². The zero-order valence-corrected chi connectivity index (χ0v) is 20.5. The van der Waals surface area contributed by atoms with Crippen molar-refractivity contribution in [2.45, 2.75) is 52.8 Å². The van der Waals surface area contributed by atoms with Crippen molar-refractivity contribution in [2.75, 3.05) is 13.1 Å². The van der Waals surface area contributed by atoms with E-state index in [0.29, 0.717) is 11.2 Å². The van der Waals surface area contributed by atoms with Crippen LogP contribution in [0.2, 0.25) is 0 Å². The Bertz CT molecular complexity index is 1320. The summed E-state index contributed by atoms with van der Waals surface area (Å²) >= 11 is 0. The van der Waals surface area contributed by atoms with E-state index in [1.54, 1.807) is 10.6 Å². The van der Waals surface area contributed by atoms with E-state index in [1.165, 1.54) is 24.4 Å². The van der Waals surface area contributed by atoms with Crippen LogP contribution in [0.5, 0.6) is 5.75 Å². The van der Waals surface area contributed by atoms with Gasteiger partial charge in [-0.3, -0.25) is 4.79 Å². The third kappa shape index (κ3) is 6.11. The Kier molecular flexibility index (Phi) is 8.86. The molecule has 36 heavy (non-hydrogen) atoms. The molecule has 2 N–H and O–H groups in total. The number of alkyl halides is 3. The molecular formula is C24H29F3N6O3. The zero-order valence-electron chi connectivity index (χ0n) is 20.5.